The van der Waals surface area contributed by atoms with Crippen molar-refractivity contribution in [2.45, 2.75) is 51.0 Å². The Kier molecular flexibility index (Phi) is 5.03. The van der Waals surface area contributed by atoms with Gasteiger partial charge in [-0.25, -0.2) is 22.7 Å². The largest absolute Gasteiger partial charge is 0.351 e. The summed E-state index contributed by atoms with van der Waals surface area (Å²) in [5.41, 5.74) is 2.04. The van der Waals surface area contributed by atoms with Crippen LogP contribution in [0.15, 0.2) is 18.5 Å². The van der Waals surface area contributed by atoms with Gasteiger partial charge in [0.25, 0.3) is 0 Å². The third-order valence-corrected chi connectivity index (χ3v) is 7.30. The molecule has 8 heteroatoms. The minimum absolute atomic E-state index is 0.186. The Hall–Kier alpha value is -1.80. The van der Waals surface area contributed by atoms with Gasteiger partial charge in [0.15, 0.2) is 0 Å². The quantitative estimate of drug-likeness (QED) is 0.865. The maximum atomic E-state index is 11.7. The smallest absolute Gasteiger partial charge is 0.223 e. The Bertz CT molecular complexity index is 925. The Morgan fingerprint density at radius 2 is 1.93 bits per heavy atom. The van der Waals surface area contributed by atoms with Gasteiger partial charge in [0.05, 0.1) is 17.5 Å². The van der Waals surface area contributed by atoms with Crippen molar-refractivity contribution < 1.29 is 8.42 Å². The zero-order valence-corrected chi connectivity index (χ0v) is 16.7. The first kappa shape index (κ1) is 18.6. The fraction of sp³-hybridized carbons (Fsp3) is 0.632. The summed E-state index contributed by atoms with van der Waals surface area (Å²) in [5.74, 6) is 1.71. The minimum Gasteiger partial charge on any atom is -0.351 e. The van der Waals surface area contributed by atoms with Gasteiger partial charge in [0.2, 0.25) is 16.0 Å². The first-order valence-corrected chi connectivity index (χ1v) is 11.6. The van der Waals surface area contributed by atoms with E-state index in [0.717, 1.165) is 29.4 Å². The summed E-state index contributed by atoms with van der Waals surface area (Å²) in [4.78, 5) is 13.9. The molecule has 3 heterocycles. The van der Waals surface area contributed by atoms with Crippen LogP contribution in [0.1, 0.15) is 50.6 Å². The molecule has 0 amide bonds. The van der Waals surface area contributed by atoms with Crippen molar-refractivity contribution in [3.05, 3.63) is 24.2 Å². The van der Waals surface area contributed by atoms with Gasteiger partial charge in [0.1, 0.15) is 0 Å². The van der Waals surface area contributed by atoms with Gasteiger partial charge in [-0.05, 0) is 31.2 Å². The molecule has 2 atom stereocenters. The van der Waals surface area contributed by atoms with Gasteiger partial charge in [-0.3, -0.25) is 4.98 Å². The lowest BCUT2D eigenvalue weighted by Gasteiger charge is -2.30. The Morgan fingerprint density at radius 3 is 2.59 bits per heavy atom. The Morgan fingerprint density at radius 1 is 1.15 bits per heavy atom. The van der Waals surface area contributed by atoms with E-state index < -0.39 is 10.0 Å². The highest BCUT2D eigenvalue weighted by Gasteiger charge is 2.29. The molecule has 2 aromatic heterocycles. The van der Waals surface area contributed by atoms with E-state index in [-0.39, 0.29) is 6.04 Å². The van der Waals surface area contributed by atoms with Crippen LogP contribution in [0.2, 0.25) is 0 Å². The van der Waals surface area contributed by atoms with Gasteiger partial charge in [-0.15, -0.1) is 0 Å². The molecule has 1 saturated carbocycles. The number of pyridine rings is 1. The minimum atomic E-state index is -3.11. The lowest BCUT2D eigenvalue weighted by atomic mass is 9.93. The highest BCUT2D eigenvalue weighted by Crippen LogP contribution is 2.40. The van der Waals surface area contributed by atoms with Crippen LogP contribution in [0.3, 0.4) is 0 Å². The number of sulfonamides is 1. The summed E-state index contributed by atoms with van der Waals surface area (Å²) < 4.78 is 24.9. The van der Waals surface area contributed by atoms with Crippen LogP contribution in [-0.4, -0.2) is 53.1 Å². The van der Waals surface area contributed by atoms with Gasteiger partial charge >= 0.3 is 0 Å². The molecule has 1 aliphatic heterocycles. The van der Waals surface area contributed by atoms with Crippen LogP contribution < -0.4 is 5.32 Å². The van der Waals surface area contributed by atoms with Crippen molar-refractivity contribution >= 4 is 26.9 Å². The van der Waals surface area contributed by atoms with E-state index in [0.29, 0.717) is 30.9 Å². The first-order valence-electron chi connectivity index (χ1n) is 9.75. The van der Waals surface area contributed by atoms with Gasteiger partial charge in [-0.1, -0.05) is 19.8 Å². The molecule has 1 aliphatic carbocycles. The predicted octanol–water partition coefficient (Wildman–Crippen LogP) is 2.76. The van der Waals surface area contributed by atoms with Crippen molar-refractivity contribution in [1.82, 2.24) is 19.3 Å². The summed E-state index contributed by atoms with van der Waals surface area (Å²) in [5, 5.41) is 4.43. The molecule has 0 radical (unpaired) electrons. The number of hydrogen-bond donors (Lipinski definition) is 1. The molecule has 2 aromatic rings. The van der Waals surface area contributed by atoms with E-state index in [1.807, 2.05) is 18.5 Å². The second-order valence-electron chi connectivity index (χ2n) is 7.92. The maximum Gasteiger partial charge on any atom is 0.223 e. The number of fused-ring (bicyclic) bond motifs is 1. The van der Waals surface area contributed by atoms with E-state index in [1.165, 1.54) is 29.8 Å². The molecule has 4 rings (SSSR count). The zero-order chi connectivity index (χ0) is 19.0. The molecule has 2 fully saturated rings. The van der Waals surface area contributed by atoms with E-state index >= 15 is 0 Å². The summed E-state index contributed by atoms with van der Waals surface area (Å²) in [6.07, 6.45) is 10.2. The molecule has 7 nitrogen and oxygen atoms in total. The van der Waals surface area contributed by atoms with Crippen LogP contribution in [-0.2, 0) is 10.0 Å². The third kappa shape index (κ3) is 3.91. The first-order chi connectivity index (χ1) is 12.9. The number of nitrogens with zero attached hydrogens (tertiary/aromatic N) is 4. The molecule has 27 heavy (non-hydrogen) atoms. The molecule has 2 unspecified atom stereocenters. The molecule has 0 bridgehead atoms. The second-order valence-corrected chi connectivity index (χ2v) is 9.91. The summed E-state index contributed by atoms with van der Waals surface area (Å²) in [6, 6.07) is 2.15. The van der Waals surface area contributed by atoms with E-state index in [9.17, 15) is 8.42 Å². The lowest BCUT2D eigenvalue weighted by molar-refractivity contribution is 0.331. The summed E-state index contributed by atoms with van der Waals surface area (Å²) >= 11 is 0. The number of piperidine rings is 1. The molecule has 0 spiro atoms. The van der Waals surface area contributed by atoms with Crippen molar-refractivity contribution in [1.29, 1.82) is 0 Å². The van der Waals surface area contributed by atoms with Crippen molar-refractivity contribution in [3.8, 4) is 0 Å². The van der Waals surface area contributed by atoms with Crippen molar-refractivity contribution in [2.75, 3.05) is 24.7 Å². The number of hydrogen-bond acceptors (Lipinski definition) is 6. The third-order valence-electron chi connectivity index (χ3n) is 6.00. The van der Waals surface area contributed by atoms with Crippen molar-refractivity contribution in [2.24, 2.45) is 5.92 Å². The molecule has 1 N–H and O–H groups in total. The predicted molar refractivity (Wildman–Crippen MR) is 106 cm³/mol. The van der Waals surface area contributed by atoms with Crippen LogP contribution in [0.4, 0.5) is 5.95 Å². The van der Waals surface area contributed by atoms with Gasteiger partial charge in [-0.2, -0.15) is 0 Å². The molecular weight excluding hydrogens is 362 g/mol. The molecule has 1 saturated heterocycles. The average molecular weight is 390 g/mol. The van der Waals surface area contributed by atoms with Crippen LogP contribution in [0, 0.1) is 5.92 Å². The molecule has 2 aliphatic rings. The fourth-order valence-corrected chi connectivity index (χ4v) is 5.26. The maximum absolute atomic E-state index is 11.7. The van der Waals surface area contributed by atoms with Crippen LogP contribution in [0.25, 0.3) is 10.9 Å². The highest BCUT2D eigenvalue weighted by molar-refractivity contribution is 7.88. The number of anilines is 1. The normalized spacial score (nSPS) is 25.1. The Balaban J connectivity index is 1.53. The topological polar surface area (TPSA) is 88.1 Å². The van der Waals surface area contributed by atoms with E-state index in [1.54, 1.807) is 0 Å². The lowest BCUT2D eigenvalue weighted by Crippen LogP contribution is -2.42. The molecule has 0 aromatic carbocycles. The van der Waals surface area contributed by atoms with E-state index in [4.69, 9.17) is 4.98 Å². The van der Waals surface area contributed by atoms with Crippen LogP contribution >= 0.6 is 0 Å². The van der Waals surface area contributed by atoms with Gasteiger partial charge in [0, 0.05) is 42.8 Å². The molecule has 146 valence electrons. The SMILES string of the molecule is CC1CCCC1c1nccc2cnc(NC3CCN(S(C)(=O)=O)CC3)nc12. The molecular formula is C19H27N5O2S. The Labute approximate surface area is 160 Å². The van der Waals surface area contributed by atoms with Crippen LogP contribution in [0.5, 0.6) is 0 Å². The number of aromatic nitrogens is 3. The van der Waals surface area contributed by atoms with Gasteiger partial charge < -0.3 is 5.32 Å². The second kappa shape index (κ2) is 7.31. The monoisotopic (exact) mass is 389 g/mol. The summed E-state index contributed by atoms with van der Waals surface area (Å²) in [7, 11) is -3.11. The highest BCUT2D eigenvalue weighted by atomic mass is 32.2. The number of rotatable bonds is 4. The fourth-order valence-electron chi connectivity index (χ4n) is 4.38. The average Bonchev–Trinajstić information content (AvgIpc) is 3.07. The van der Waals surface area contributed by atoms with E-state index in [2.05, 4.69) is 22.2 Å². The number of nitrogens with one attached hydrogen (secondary N) is 1. The zero-order valence-electron chi connectivity index (χ0n) is 15.9. The van der Waals surface area contributed by atoms with Crippen molar-refractivity contribution in [3.63, 3.8) is 0 Å². The standard InChI is InChI=1S/C19H27N5O2S/c1-13-4-3-5-16(13)18-17-14(6-9-20-18)12-21-19(23-17)22-15-7-10-24(11-8-15)27(2,25)26/h6,9,12-13,15-16H,3-5,7-8,10-11H2,1-2H3,(H,21,22,23). The summed E-state index contributed by atoms with van der Waals surface area (Å²) in [6.45, 7) is 3.38.